The van der Waals surface area contributed by atoms with Gasteiger partial charge in [0.05, 0.1) is 17.3 Å². The number of carbonyl (C=O) groups excluding carboxylic acids is 1. The van der Waals surface area contributed by atoms with E-state index in [2.05, 4.69) is 11.9 Å². The van der Waals surface area contributed by atoms with Crippen molar-refractivity contribution >= 4 is 16.8 Å². The van der Waals surface area contributed by atoms with Crippen LogP contribution in [0, 0.1) is 5.92 Å². The summed E-state index contributed by atoms with van der Waals surface area (Å²) in [5.74, 6) is 1.07. The average molecular weight is 335 g/mol. The molecule has 1 aliphatic heterocycles. The van der Waals surface area contributed by atoms with Gasteiger partial charge in [0.25, 0.3) is 5.91 Å². The molecule has 0 aliphatic carbocycles. The summed E-state index contributed by atoms with van der Waals surface area (Å²) >= 11 is 0. The lowest BCUT2D eigenvalue weighted by molar-refractivity contribution is 0.0745. The maximum Gasteiger partial charge on any atom is 0.254 e. The van der Waals surface area contributed by atoms with Gasteiger partial charge in [-0.1, -0.05) is 18.2 Å². The number of nitrogens with two attached hydrogens (primary N) is 1. The molecule has 1 amide bonds. The van der Waals surface area contributed by atoms with Crippen molar-refractivity contribution in [1.29, 1.82) is 0 Å². The smallest absolute Gasteiger partial charge is 0.254 e. The van der Waals surface area contributed by atoms with Gasteiger partial charge in [0, 0.05) is 18.0 Å². The van der Waals surface area contributed by atoms with Crippen LogP contribution in [0.1, 0.15) is 23.7 Å². The van der Waals surface area contributed by atoms with Crippen molar-refractivity contribution in [3.8, 4) is 11.5 Å². The van der Waals surface area contributed by atoms with E-state index in [-0.39, 0.29) is 11.9 Å². The highest BCUT2D eigenvalue weighted by Gasteiger charge is 2.33. The lowest BCUT2D eigenvalue weighted by Gasteiger charge is -2.22. The normalized spacial score (nSPS) is 20.3. The van der Waals surface area contributed by atoms with E-state index in [1.165, 1.54) is 0 Å². The van der Waals surface area contributed by atoms with Crippen molar-refractivity contribution in [2.45, 2.75) is 19.4 Å². The number of fused-ring (bicyclic) bond motifs is 1. The number of carbonyl (C=O) groups is 1. The van der Waals surface area contributed by atoms with Gasteiger partial charge in [-0.3, -0.25) is 4.79 Å². The molecule has 25 heavy (non-hydrogen) atoms. The van der Waals surface area contributed by atoms with Crippen LogP contribution in [-0.4, -0.2) is 34.9 Å². The van der Waals surface area contributed by atoms with Gasteiger partial charge in [-0.25, -0.2) is 4.98 Å². The van der Waals surface area contributed by atoms with Gasteiger partial charge in [0.15, 0.2) is 5.76 Å². The molecule has 0 bridgehead atoms. The summed E-state index contributed by atoms with van der Waals surface area (Å²) in [6, 6.07) is 13.4. The fraction of sp³-hybridized carbons (Fsp3) is 0.300. The third-order valence-corrected chi connectivity index (χ3v) is 4.98. The number of likely N-dealkylation sites (tertiary alicyclic amines) is 1. The van der Waals surface area contributed by atoms with Crippen molar-refractivity contribution in [3.05, 3.63) is 54.3 Å². The number of hydrogen-bond donors (Lipinski definition) is 1. The number of nitrogens with zero attached hydrogens (tertiary/aromatic N) is 2. The Bertz CT molecular complexity index is 904. The number of hydrogen-bond acceptors (Lipinski definition) is 4. The maximum atomic E-state index is 13.3. The van der Waals surface area contributed by atoms with E-state index < -0.39 is 0 Å². The second-order valence-corrected chi connectivity index (χ2v) is 6.69. The molecule has 128 valence electrons. The number of furan rings is 1. The number of pyridine rings is 1. The van der Waals surface area contributed by atoms with Crippen LogP contribution in [0.2, 0.25) is 0 Å². The number of benzene rings is 1. The first-order chi connectivity index (χ1) is 12.2. The van der Waals surface area contributed by atoms with E-state index in [1.54, 1.807) is 6.26 Å². The van der Waals surface area contributed by atoms with Crippen LogP contribution >= 0.6 is 0 Å². The molecule has 1 fully saturated rings. The molecule has 4 rings (SSSR count). The van der Waals surface area contributed by atoms with E-state index in [1.807, 2.05) is 47.4 Å². The Hall–Kier alpha value is -2.66. The summed E-state index contributed by atoms with van der Waals surface area (Å²) in [6.07, 6.45) is 2.57. The Labute approximate surface area is 146 Å². The molecular formula is C20H21N3O2. The van der Waals surface area contributed by atoms with Crippen LogP contribution in [0.3, 0.4) is 0 Å². The van der Waals surface area contributed by atoms with E-state index in [0.29, 0.717) is 36.0 Å². The maximum absolute atomic E-state index is 13.3. The molecule has 5 nitrogen and oxygen atoms in total. The SMILES string of the molecule is CC1CC(CN)CN1C(=O)c1cc(-c2ccco2)nc2ccccc12. The van der Waals surface area contributed by atoms with Gasteiger partial charge >= 0.3 is 0 Å². The summed E-state index contributed by atoms with van der Waals surface area (Å²) in [5, 5.41) is 0.867. The van der Waals surface area contributed by atoms with E-state index in [4.69, 9.17) is 10.2 Å². The molecule has 1 saturated heterocycles. The van der Waals surface area contributed by atoms with Gasteiger partial charge in [-0.2, -0.15) is 0 Å². The minimum Gasteiger partial charge on any atom is -0.463 e. The highest BCUT2D eigenvalue weighted by Crippen LogP contribution is 2.29. The summed E-state index contributed by atoms with van der Waals surface area (Å²) in [6.45, 7) is 3.41. The van der Waals surface area contributed by atoms with E-state index in [0.717, 1.165) is 17.3 Å². The molecule has 3 aromatic rings. The summed E-state index contributed by atoms with van der Waals surface area (Å²) < 4.78 is 5.48. The molecule has 3 heterocycles. The first-order valence-electron chi connectivity index (χ1n) is 8.62. The highest BCUT2D eigenvalue weighted by atomic mass is 16.3. The van der Waals surface area contributed by atoms with Crippen LogP contribution in [0.4, 0.5) is 0 Å². The van der Waals surface area contributed by atoms with Crippen LogP contribution in [0.5, 0.6) is 0 Å². The number of amides is 1. The second kappa shape index (κ2) is 6.33. The molecule has 2 N–H and O–H groups in total. The van der Waals surface area contributed by atoms with Crippen molar-refractivity contribution in [3.63, 3.8) is 0 Å². The molecule has 1 aromatic carbocycles. The third-order valence-electron chi connectivity index (χ3n) is 4.98. The fourth-order valence-electron chi connectivity index (χ4n) is 3.65. The molecule has 1 aliphatic rings. The van der Waals surface area contributed by atoms with Crippen LogP contribution in [0.25, 0.3) is 22.4 Å². The minimum atomic E-state index is 0.0369. The Balaban J connectivity index is 1.81. The van der Waals surface area contributed by atoms with Gasteiger partial charge in [-0.05, 0) is 50.1 Å². The number of para-hydroxylation sites is 1. The zero-order chi connectivity index (χ0) is 17.4. The molecule has 2 unspecified atom stereocenters. The third kappa shape index (κ3) is 2.81. The Morgan fingerprint density at radius 3 is 2.88 bits per heavy atom. The van der Waals surface area contributed by atoms with Crippen molar-refractivity contribution < 1.29 is 9.21 Å². The Kier molecular flexibility index (Phi) is 4.01. The van der Waals surface area contributed by atoms with Gasteiger partial charge in [0.2, 0.25) is 0 Å². The Morgan fingerprint density at radius 1 is 1.32 bits per heavy atom. The van der Waals surface area contributed by atoms with Gasteiger partial charge in [-0.15, -0.1) is 0 Å². The largest absolute Gasteiger partial charge is 0.463 e. The lowest BCUT2D eigenvalue weighted by atomic mass is 10.1. The summed E-state index contributed by atoms with van der Waals surface area (Å²) in [4.78, 5) is 19.9. The summed E-state index contributed by atoms with van der Waals surface area (Å²) in [5.41, 5.74) is 7.95. The predicted octanol–water partition coefficient (Wildman–Crippen LogP) is 3.30. The van der Waals surface area contributed by atoms with Crippen LogP contribution < -0.4 is 5.73 Å². The molecule has 5 heteroatoms. The molecule has 0 radical (unpaired) electrons. The fourth-order valence-corrected chi connectivity index (χ4v) is 3.65. The zero-order valence-corrected chi connectivity index (χ0v) is 14.2. The standard InChI is InChI=1S/C20H21N3O2/c1-13-9-14(11-21)12-23(13)20(24)16-10-18(19-7-4-8-25-19)22-17-6-3-2-5-15(16)17/h2-8,10,13-14H,9,11-12,21H2,1H3. The van der Waals surface area contributed by atoms with Crippen LogP contribution in [-0.2, 0) is 0 Å². The van der Waals surface area contributed by atoms with Crippen molar-refractivity contribution in [1.82, 2.24) is 9.88 Å². The zero-order valence-electron chi connectivity index (χ0n) is 14.2. The van der Waals surface area contributed by atoms with Crippen LogP contribution in [0.15, 0.2) is 53.1 Å². The van der Waals surface area contributed by atoms with Gasteiger partial charge < -0.3 is 15.1 Å². The predicted molar refractivity (Wildman–Crippen MR) is 97.1 cm³/mol. The quantitative estimate of drug-likeness (QED) is 0.797. The Morgan fingerprint density at radius 2 is 2.16 bits per heavy atom. The second-order valence-electron chi connectivity index (χ2n) is 6.69. The topological polar surface area (TPSA) is 72.4 Å². The molecular weight excluding hydrogens is 314 g/mol. The molecule has 2 atom stereocenters. The van der Waals surface area contributed by atoms with Crippen molar-refractivity contribution in [2.75, 3.05) is 13.1 Å². The van der Waals surface area contributed by atoms with E-state index >= 15 is 0 Å². The number of aromatic nitrogens is 1. The average Bonchev–Trinajstić information content (AvgIpc) is 3.30. The minimum absolute atomic E-state index is 0.0369. The number of rotatable bonds is 3. The lowest BCUT2D eigenvalue weighted by Crippen LogP contribution is -2.34. The molecule has 2 aromatic heterocycles. The van der Waals surface area contributed by atoms with Crippen molar-refractivity contribution in [2.24, 2.45) is 11.7 Å². The first kappa shape index (κ1) is 15.8. The highest BCUT2D eigenvalue weighted by molar-refractivity contribution is 6.07. The summed E-state index contributed by atoms with van der Waals surface area (Å²) in [7, 11) is 0. The molecule has 0 spiro atoms. The van der Waals surface area contributed by atoms with E-state index in [9.17, 15) is 4.79 Å². The van der Waals surface area contributed by atoms with Gasteiger partial charge in [0.1, 0.15) is 5.69 Å². The monoisotopic (exact) mass is 335 g/mol. The molecule has 0 saturated carbocycles. The first-order valence-corrected chi connectivity index (χ1v) is 8.62.